The second-order valence-corrected chi connectivity index (χ2v) is 56.9. The van der Waals surface area contributed by atoms with Crippen molar-refractivity contribution in [3.05, 3.63) is 0 Å². The van der Waals surface area contributed by atoms with E-state index < -0.39 is 72.2 Å². The molecule has 0 saturated heterocycles. The van der Waals surface area contributed by atoms with Crippen LogP contribution >= 0.6 is 66.5 Å². The van der Waals surface area contributed by atoms with Crippen LogP contribution in [0.1, 0.15) is 52.9 Å². The van der Waals surface area contributed by atoms with Crippen LogP contribution in [0.15, 0.2) is 0 Å². The van der Waals surface area contributed by atoms with Gasteiger partial charge in [0.15, 0.2) is 25.7 Å². The van der Waals surface area contributed by atoms with Gasteiger partial charge in [0, 0.05) is 22.8 Å². The molecule has 0 aliphatic carbocycles. The van der Waals surface area contributed by atoms with Crippen LogP contribution < -0.4 is 0 Å². The molecule has 6 nitrogen and oxygen atoms in total. The highest BCUT2D eigenvalue weighted by atomic mass is 35.6. The van der Waals surface area contributed by atoms with E-state index in [2.05, 4.69) is 63.8 Å². The molecule has 0 spiro atoms. The van der Waals surface area contributed by atoms with Crippen molar-refractivity contribution in [2.75, 3.05) is 21.3 Å². The van der Waals surface area contributed by atoms with Gasteiger partial charge in [-0.25, -0.2) is 0 Å². The lowest BCUT2D eigenvalue weighted by Gasteiger charge is -2.23. The highest BCUT2D eigenvalue weighted by molar-refractivity contribution is 7.28. The standard InChI is InChI=1S/C6H12Cl2OSi2.C4H12Cl2OSi2.2C4H12OSi.C3H10Cl2OSi2.C3H10OSi.6CH4.H2/c1-5-6-11(4,8)9-10(2,3)7;1-8(2,5)7-9(3,4)6;2*1-5-6(2,3)4;1-7(4)6-8(2,3)5;1-4-5(2)3;;;;;;;/h1-4H3;1-4H3;2*1-4H3;7H,1-3H3;5H,1-3H3;6*1H4;1H. The Bertz CT molecular complexity index is 737. The molecular weight excluding hydrogens is 922 g/mol. The molecule has 328 valence electrons. The van der Waals surface area contributed by atoms with Crippen LogP contribution in [0.25, 0.3) is 0 Å². The van der Waals surface area contributed by atoms with E-state index in [1.54, 1.807) is 28.3 Å². The molecule has 0 aromatic carbocycles. The number of halogens is 6. The summed E-state index contributed by atoms with van der Waals surface area (Å²) in [4.78, 5) is 0. The van der Waals surface area contributed by atoms with Crippen LogP contribution in [0, 0.1) is 11.5 Å². The molecule has 0 amide bonds. The molecule has 2 unspecified atom stereocenters. The fourth-order valence-corrected chi connectivity index (χ4v) is 24.9. The summed E-state index contributed by atoms with van der Waals surface area (Å²) in [5.74, 6) is 2.75. The Hall–Kier alpha value is 3.01. The monoisotopic (exact) mass is 1010 g/mol. The van der Waals surface area contributed by atoms with Crippen LogP contribution in [-0.4, -0.2) is 93.5 Å². The summed E-state index contributed by atoms with van der Waals surface area (Å²) in [5.41, 5.74) is 2.86. The van der Waals surface area contributed by atoms with E-state index in [1.807, 2.05) is 65.5 Å². The Morgan fingerprint density at radius 3 is 0.765 bits per heavy atom. The average molecular weight is 1020 g/mol. The minimum absolute atomic E-state index is 0. The average Bonchev–Trinajstić information content (AvgIpc) is 2.68. The van der Waals surface area contributed by atoms with E-state index in [-0.39, 0.29) is 46.0 Å². The van der Waals surface area contributed by atoms with Crippen LogP contribution in [0.2, 0.25) is 118 Å². The SMILES string of the molecule is C.C.C.C.C.C.CC#C[Si](C)(Cl)O[Si](C)(C)Cl.CO[SiH](C)C.CO[Si](C)(C)C.CO[Si](C)(C)C.C[SiH](Cl)O[Si](C)(C)Cl.C[Si](C)(Cl)O[Si](C)(C)Cl.[HH]. The molecule has 2 atom stereocenters. The molecule has 51 heavy (non-hydrogen) atoms. The zero-order chi connectivity index (χ0) is 38.3. The summed E-state index contributed by atoms with van der Waals surface area (Å²) < 4.78 is 31.2. The summed E-state index contributed by atoms with van der Waals surface area (Å²) in [6.45, 7) is 38.0. The Balaban J connectivity index is -0.0000000316. The van der Waals surface area contributed by atoms with Crippen molar-refractivity contribution < 1.29 is 27.1 Å². The zero-order valence-electron chi connectivity index (χ0n) is 32.4. The van der Waals surface area contributed by atoms with Gasteiger partial charge in [0.1, 0.15) is 0 Å². The topological polar surface area (TPSA) is 55.4 Å². The van der Waals surface area contributed by atoms with Gasteiger partial charge < -0.3 is 25.6 Å². The molecule has 0 aromatic heterocycles. The van der Waals surface area contributed by atoms with Crippen LogP contribution in [0.5, 0.6) is 0 Å². The van der Waals surface area contributed by atoms with E-state index in [4.69, 9.17) is 92.1 Å². The maximum absolute atomic E-state index is 6.01. The predicted molar refractivity (Wildman–Crippen MR) is 275 cm³/mol. The van der Waals surface area contributed by atoms with Gasteiger partial charge >= 0.3 is 7.63 Å². The largest absolute Gasteiger partial charge is 0.435 e. The minimum atomic E-state index is -2.30. The van der Waals surface area contributed by atoms with Crippen molar-refractivity contribution in [3.63, 3.8) is 0 Å². The third-order valence-electron chi connectivity index (χ3n) is 3.41. The van der Waals surface area contributed by atoms with Crippen LogP contribution in [-0.2, 0) is 25.6 Å². The zero-order valence-corrected chi connectivity index (χ0v) is 46.2. The molecule has 0 N–H and O–H groups in total. The van der Waals surface area contributed by atoms with Gasteiger partial charge in [-0.05, 0) is 125 Å². The Kier molecular flexibility index (Phi) is 69.4. The maximum atomic E-state index is 6.01. The molecule has 0 fully saturated rings. The molecule has 21 heteroatoms. The molecule has 0 rings (SSSR count). The first-order valence-electron chi connectivity index (χ1n) is 14.5. The van der Waals surface area contributed by atoms with Crippen molar-refractivity contribution in [2.45, 2.75) is 169 Å². The van der Waals surface area contributed by atoms with Crippen molar-refractivity contribution in [2.24, 2.45) is 0 Å². The van der Waals surface area contributed by atoms with E-state index in [0.717, 1.165) is 0 Å². The number of hydrogen-bond acceptors (Lipinski definition) is 6. The van der Waals surface area contributed by atoms with E-state index in [1.165, 1.54) is 0 Å². The lowest BCUT2D eigenvalue weighted by atomic mass is 10.8. The molecule has 0 bridgehead atoms. The molecule has 0 radical (unpaired) electrons. The van der Waals surface area contributed by atoms with Crippen LogP contribution in [0.3, 0.4) is 0 Å². The molecular formula is C30H94Cl6O6Si9. The Morgan fingerprint density at radius 1 is 0.490 bits per heavy atom. The van der Waals surface area contributed by atoms with Gasteiger partial charge in [-0.2, -0.15) is 0 Å². The first-order chi connectivity index (χ1) is 19.3. The summed E-state index contributed by atoms with van der Waals surface area (Å²) in [6, 6.07) is 0. The summed E-state index contributed by atoms with van der Waals surface area (Å²) >= 11 is 35.2. The van der Waals surface area contributed by atoms with Gasteiger partial charge in [0.25, 0.3) is 38.9 Å². The Labute approximate surface area is 364 Å². The molecule has 0 heterocycles. The van der Waals surface area contributed by atoms with E-state index >= 15 is 0 Å². The fraction of sp³-hybridized carbons (Fsp3) is 0.933. The summed E-state index contributed by atoms with van der Waals surface area (Å²) in [7, 11) is -8.93. The fourth-order valence-electron chi connectivity index (χ4n) is 1.67. The third-order valence-corrected chi connectivity index (χ3v) is 23.1. The second kappa shape index (κ2) is 41.2. The van der Waals surface area contributed by atoms with Gasteiger partial charge in [-0.15, -0.1) is 72.4 Å². The molecule has 0 saturated carbocycles. The van der Waals surface area contributed by atoms with Crippen molar-refractivity contribution in [1.29, 1.82) is 0 Å². The van der Waals surface area contributed by atoms with Crippen molar-refractivity contribution in [1.82, 2.24) is 0 Å². The molecule has 0 aliphatic heterocycles. The highest BCUT2D eigenvalue weighted by Gasteiger charge is 2.33. The lowest BCUT2D eigenvalue weighted by Crippen LogP contribution is -2.38. The highest BCUT2D eigenvalue weighted by Crippen LogP contribution is 2.20. The van der Waals surface area contributed by atoms with Gasteiger partial charge in [0.2, 0.25) is 0 Å². The van der Waals surface area contributed by atoms with Crippen LogP contribution in [0.4, 0.5) is 0 Å². The quantitative estimate of drug-likeness (QED) is 0.130. The first kappa shape index (κ1) is 86.0. The number of hydrogen-bond donors (Lipinski definition) is 0. The van der Waals surface area contributed by atoms with Gasteiger partial charge in [-0.1, -0.05) is 50.1 Å². The lowest BCUT2D eigenvalue weighted by molar-refractivity contribution is 0.410. The Morgan fingerprint density at radius 2 is 0.706 bits per heavy atom. The molecule has 0 aliphatic rings. The first-order valence-corrected chi connectivity index (χ1v) is 46.6. The predicted octanol–water partition coefficient (Wildman–Crippen LogP) is 15.3. The molecule has 0 aromatic rings. The van der Waals surface area contributed by atoms with Crippen molar-refractivity contribution in [3.8, 4) is 11.5 Å². The summed E-state index contributed by atoms with van der Waals surface area (Å²) in [5, 5.41) is 0. The van der Waals surface area contributed by atoms with E-state index in [9.17, 15) is 0 Å². The second-order valence-electron chi connectivity index (χ2n) is 13.5. The minimum Gasteiger partial charge on any atom is -0.435 e. The van der Waals surface area contributed by atoms with E-state index in [0.29, 0.717) is 0 Å². The van der Waals surface area contributed by atoms with Crippen molar-refractivity contribution >= 4 is 139 Å². The van der Waals surface area contributed by atoms with Gasteiger partial charge in [0.05, 0.1) is 0 Å². The smallest absolute Gasteiger partial charge is 0.358 e. The summed E-state index contributed by atoms with van der Waals surface area (Å²) in [6.07, 6.45) is 0. The maximum Gasteiger partial charge on any atom is 0.358 e. The number of rotatable bonds is 9. The van der Waals surface area contributed by atoms with Gasteiger partial charge in [-0.3, -0.25) is 0 Å². The normalized spacial score (nSPS) is 12.3. The third kappa shape index (κ3) is 135.